The monoisotopic (exact) mass is 199 g/mol. The number of aromatic nitrogens is 1. The Morgan fingerprint density at radius 2 is 2.43 bits per heavy atom. The summed E-state index contributed by atoms with van der Waals surface area (Å²) in [5, 5.41) is 3.40. The summed E-state index contributed by atoms with van der Waals surface area (Å²) < 4.78 is 4.66. The molecule has 1 heterocycles. The van der Waals surface area contributed by atoms with Crippen LogP contribution in [0.1, 0.15) is 16.1 Å². The van der Waals surface area contributed by atoms with Crippen LogP contribution in [0.3, 0.4) is 0 Å². The van der Waals surface area contributed by atoms with Gasteiger partial charge in [0.2, 0.25) is 5.91 Å². The summed E-state index contributed by atoms with van der Waals surface area (Å²) in [4.78, 5) is 26.0. The fourth-order valence-electron chi connectivity index (χ4n) is 0.744. The molecule has 0 aliphatic carbocycles. The molecule has 14 heavy (non-hydrogen) atoms. The Morgan fingerprint density at radius 3 is 2.93 bits per heavy atom. The fraction of sp³-hybridized carbons (Fsp3) is 0.286. The van der Waals surface area contributed by atoms with Gasteiger partial charge >= 0.3 is 0 Å². The summed E-state index contributed by atoms with van der Waals surface area (Å²) >= 11 is 0. The number of aryl methyl sites for hydroxylation is 1. The fourth-order valence-corrected chi connectivity index (χ4v) is 0.744. The number of carbonyl (C=O) groups excluding carboxylic acids is 2. The van der Waals surface area contributed by atoms with Crippen molar-refractivity contribution in [3.63, 3.8) is 0 Å². The van der Waals surface area contributed by atoms with E-state index in [4.69, 9.17) is 5.73 Å². The number of rotatable bonds is 4. The first-order valence-corrected chi connectivity index (χ1v) is 3.73. The lowest BCUT2D eigenvalue weighted by atomic mass is 10.3. The molecule has 0 saturated carbocycles. The molecular formula is C7H9N3O4. The van der Waals surface area contributed by atoms with Gasteiger partial charge in [0.1, 0.15) is 11.3 Å². The van der Waals surface area contributed by atoms with Crippen LogP contribution < -0.4 is 11.2 Å². The van der Waals surface area contributed by atoms with Gasteiger partial charge in [-0.05, 0) is 6.92 Å². The van der Waals surface area contributed by atoms with E-state index in [-0.39, 0.29) is 12.2 Å². The third kappa shape index (κ3) is 2.56. The second-order valence-electron chi connectivity index (χ2n) is 2.48. The van der Waals surface area contributed by atoms with Gasteiger partial charge in [-0.2, -0.15) is 0 Å². The van der Waals surface area contributed by atoms with Crippen molar-refractivity contribution in [3.8, 4) is 0 Å². The van der Waals surface area contributed by atoms with E-state index in [0.29, 0.717) is 5.76 Å². The van der Waals surface area contributed by atoms with Gasteiger partial charge in [0, 0.05) is 0 Å². The third-order valence-corrected chi connectivity index (χ3v) is 1.37. The van der Waals surface area contributed by atoms with E-state index in [9.17, 15) is 9.59 Å². The molecule has 3 N–H and O–H groups in total. The topological polar surface area (TPSA) is 107 Å². The Balaban J connectivity index is 2.44. The molecule has 0 saturated heterocycles. The van der Waals surface area contributed by atoms with Crippen LogP contribution in [0.4, 0.5) is 0 Å². The number of primary amides is 1. The summed E-state index contributed by atoms with van der Waals surface area (Å²) in [6.45, 7) is 1.20. The van der Waals surface area contributed by atoms with Crippen molar-refractivity contribution in [2.75, 3.05) is 6.61 Å². The van der Waals surface area contributed by atoms with Crippen LogP contribution in [0.25, 0.3) is 0 Å². The summed E-state index contributed by atoms with van der Waals surface area (Å²) in [6, 6.07) is 0. The van der Waals surface area contributed by atoms with Crippen molar-refractivity contribution < 1.29 is 18.9 Å². The van der Waals surface area contributed by atoms with Gasteiger partial charge in [-0.15, -0.1) is 0 Å². The Morgan fingerprint density at radius 1 is 1.71 bits per heavy atom. The first-order valence-electron chi connectivity index (χ1n) is 3.73. The molecule has 0 fully saturated rings. The van der Waals surface area contributed by atoms with Crippen molar-refractivity contribution in [3.05, 3.63) is 17.5 Å². The lowest BCUT2D eigenvalue weighted by molar-refractivity contribution is -0.124. The molecule has 0 aromatic carbocycles. The quantitative estimate of drug-likeness (QED) is 0.613. The highest BCUT2D eigenvalue weighted by Gasteiger charge is 2.12. The van der Waals surface area contributed by atoms with Crippen molar-refractivity contribution in [1.29, 1.82) is 0 Å². The maximum Gasteiger partial charge on any atom is 0.280 e. The molecule has 2 amide bonds. The highest BCUT2D eigenvalue weighted by Crippen LogP contribution is 2.04. The van der Waals surface area contributed by atoms with Crippen LogP contribution in [-0.4, -0.2) is 23.6 Å². The Labute approximate surface area is 79.1 Å². The largest absolute Gasteiger partial charge is 0.368 e. The van der Waals surface area contributed by atoms with E-state index in [1.54, 1.807) is 6.92 Å². The molecule has 7 heteroatoms. The minimum Gasteiger partial charge on any atom is -0.368 e. The van der Waals surface area contributed by atoms with Gasteiger partial charge < -0.3 is 10.3 Å². The van der Waals surface area contributed by atoms with Crippen molar-refractivity contribution in [2.24, 2.45) is 5.73 Å². The number of hydrogen-bond donors (Lipinski definition) is 2. The number of hydroxylamine groups is 1. The average Bonchev–Trinajstić information content (AvgIpc) is 2.50. The molecule has 7 nitrogen and oxygen atoms in total. The van der Waals surface area contributed by atoms with Gasteiger partial charge in [-0.25, -0.2) is 5.48 Å². The van der Waals surface area contributed by atoms with E-state index in [2.05, 4.69) is 14.5 Å². The zero-order chi connectivity index (χ0) is 10.6. The average molecular weight is 199 g/mol. The zero-order valence-corrected chi connectivity index (χ0v) is 7.44. The second kappa shape index (κ2) is 4.38. The summed E-state index contributed by atoms with van der Waals surface area (Å²) in [6.07, 6.45) is 1.25. The van der Waals surface area contributed by atoms with Gasteiger partial charge in [0.25, 0.3) is 5.91 Å². The van der Waals surface area contributed by atoms with Crippen molar-refractivity contribution >= 4 is 11.8 Å². The number of nitrogens with two attached hydrogens (primary N) is 1. The Hall–Kier alpha value is -1.89. The number of nitrogens with one attached hydrogen (secondary N) is 1. The predicted molar refractivity (Wildman–Crippen MR) is 43.9 cm³/mol. The minimum absolute atomic E-state index is 0.245. The van der Waals surface area contributed by atoms with Crippen LogP contribution in [0.15, 0.2) is 10.7 Å². The van der Waals surface area contributed by atoms with E-state index in [1.165, 1.54) is 6.20 Å². The van der Waals surface area contributed by atoms with Crippen molar-refractivity contribution in [2.45, 2.75) is 6.92 Å². The van der Waals surface area contributed by atoms with Crippen LogP contribution in [0.5, 0.6) is 0 Å². The normalized spacial score (nSPS) is 9.79. The van der Waals surface area contributed by atoms with Gasteiger partial charge in [-0.3, -0.25) is 14.4 Å². The molecule has 1 aromatic heterocycles. The van der Waals surface area contributed by atoms with E-state index < -0.39 is 11.8 Å². The smallest absolute Gasteiger partial charge is 0.280 e. The van der Waals surface area contributed by atoms with E-state index in [0.717, 1.165) is 0 Å². The molecule has 0 aliphatic heterocycles. The van der Waals surface area contributed by atoms with Crippen molar-refractivity contribution in [1.82, 2.24) is 10.6 Å². The minimum atomic E-state index is -0.674. The van der Waals surface area contributed by atoms with Gasteiger partial charge in [0.15, 0.2) is 6.61 Å². The first-order chi connectivity index (χ1) is 6.61. The highest BCUT2D eigenvalue weighted by molar-refractivity contribution is 5.94. The molecule has 76 valence electrons. The first kappa shape index (κ1) is 10.2. The second-order valence-corrected chi connectivity index (χ2v) is 2.48. The number of hydrogen-bond acceptors (Lipinski definition) is 5. The molecule has 0 radical (unpaired) electrons. The molecule has 0 unspecified atom stereocenters. The molecule has 0 bridgehead atoms. The standard InChI is InChI=1S/C7H9N3O4/c1-4-5(2-9-14-4)7(12)10-13-3-6(8)11/h2H,3H2,1H3,(H2,8,11)(H,10,12). The van der Waals surface area contributed by atoms with Crippen LogP contribution in [0, 0.1) is 6.92 Å². The van der Waals surface area contributed by atoms with Crippen LogP contribution in [-0.2, 0) is 9.63 Å². The summed E-state index contributed by atoms with van der Waals surface area (Å²) in [5.74, 6) is -0.845. The highest BCUT2D eigenvalue weighted by atomic mass is 16.7. The van der Waals surface area contributed by atoms with Gasteiger partial charge in [0.05, 0.1) is 6.20 Å². The molecule has 1 rings (SSSR count). The summed E-state index contributed by atoms with van der Waals surface area (Å²) in [5.41, 5.74) is 7.04. The van der Waals surface area contributed by atoms with Crippen LogP contribution in [0.2, 0.25) is 0 Å². The third-order valence-electron chi connectivity index (χ3n) is 1.37. The SMILES string of the molecule is Cc1oncc1C(=O)NOCC(N)=O. The molecule has 0 aliphatic rings. The lowest BCUT2D eigenvalue weighted by Gasteiger charge is -2.01. The predicted octanol–water partition coefficient (Wildman–Crippen LogP) is -0.870. The van der Waals surface area contributed by atoms with E-state index >= 15 is 0 Å². The number of carbonyl (C=O) groups is 2. The Bertz CT molecular complexity index is 346. The zero-order valence-electron chi connectivity index (χ0n) is 7.44. The van der Waals surface area contributed by atoms with Gasteiger partial charge in [-0.1, -0.05) is 5.16 Å². The molecule has 0 atom stereocenters. The van der Waals surface area contributed by atoms with Crippen LogP contribution >= 0.6 is 0 Å². The van der Waals surface area contributed by atoms with E-state index in [1.807, 2.05) is 5.48 Å². The number of amides is 2. The maximum absolute atomic E-state index is 11.2. The molecule has 0 spiro atoms. The molecule has 1 aromatic rings. The maximum atomic E-state index is 11.2. The number of nitrogens with zero attached hydrogens (tertiary/aromatic N) is 1. The molecular weight excluding hydrogens is 190 g/mol. The Kier molecular flexibility index (Phi) is 3.19. The lowest BCUT2D eigenvalue weighted by Crippen LogP contribution is -2.29. The summed E-state index contributed by atoms with van der Waals surface area (Å²) in [7, 11) is 0.